The summed E-state index contributed by atoms with van der Waals surface area (Å²) in [6.07, 6.45) is -2.83. The number of hydrogen-bond donors (Lipinski definition) is 2. The third kappa shape index (κ3) is 4.43. The van der Waals surface area contributed by atoms with E-state index in [1.807, 2.05) is 0 Å². The van der Waals surface area contributed by atoms with Crippen molar-refractivity contribution in [2.45, 2.75) is 32.9 Å². The van der Waals surface area contributed by atoms with Gasteiger partial charge in [-0.25, -0.2) is 0 Å². The van der Waals surface area contributed by atoms with E-state index in [1.165, 1.54) is 12.1 Å². The molecule has 0 aromatic heterocycles. The number of alkyl halides is 3. The summed E-state index contributed by atoms with van der Waals surface area (Å²) in [4.78, 5) is 11.8. The van der Waals surface area contributed by atoms with Crippen LogP contribution in [-0.4, -0.2) is 12.5 Å². The number of halogens is 3. The molecule has 0 aliphatic heterocycles. The highest BCUT2D eigenvalue weighted by Crippen LogP contribution is 2.34. The zero-order valence-electron chi connectivity index (χ0n) is 11.6. The molecule has 1 aromatic carbocycles. The summed E-state index contributed by atoms with van der Waals surface area (Å²) in [5, 5.41) is 2.59. The number of benzene rings is 1. The molecule has 0 atom stereocenters. The summed E-state index contributed by atoms with van der Waals surface area (Å²) in [5.41, 5.74) is 3.80. The Bertz CT molecular complexity index is 470. The predicted molar refractivity (Wildman–Crippen MR) is 72.3 cm³/mol. The Kier molecular flexibility index (Phi) is 5.42. The van der Waals surface area contributed by atoms with E-state index < -0.39 is 23.3 Å². The smallest absolute Gasteiger partial charge is 0.398 e. The van der Waals surface area contributed by atoms with E-state index in [4.69, 9.17) is 5.73 Å². The Morgan fingerprint density at radius 3 is 2.55 bits per heavy atom. The van der Waals surface area contributed by atoms with Gasteiger partial charge in [0.05, 0.1) is 16.8 Å². The lowest BCUT2D eigenvalue weighted by Crippen LogP contribution is -2.26. The van der Waals surface area contributed by atoms with Crippen LogP contribution >= 0.6 is 0 Å². The fraction of sp³-hybridized carbons (Fsp3) is 0.500. The van der Waals surface area contributed by atoms with Crippen molar-refractivity contribution in [2.24, 2.45) is 5.92 Å². The van der Waals surface area contributed by atoms with Crippen molar-refractivity contribution in [3.8, 4) is 0 Å². The Labute approximate surface area is 116 Å². The summed E-state index contributed by atoms with van der Waals surface area (Å²) >= 11 is 0. The second-order valence-electron chi connectivity index (χ2n) is 5.06. The van der Waals surface area contributed by atoms with Crippen LogP contribution in [0.4, 0.5) is 18.9 Å². The highest BCUT2D eigenvalue weighted by molar-refractivity contribution is 5.99. The number of carbonyl (C=O) groups is 1. The summed E-state index contributed by atoms with van der Waals surface area (Å²) in [7, 11) is 0. The molecule has 1 amide bonds. The van der Waals surface area contributed by atoms with Gasteiger partial charge >= 0.3 is 6.18 Å². The van der Waals surface area contributed by atoms with Crippen LogP contribution in [0.25, 0.3) is 0 Å². The highest BCUT2D eigenvalue weighted by atomic mass is 19.4. The molecule has 0 aliphatic carbocycles. The van der Waals surface area contributed by atoms with Crippen LogP contribution in [0.15, 0.2) is 18.2 Å². The first kappa shape index (κ1) is 16.3. The Morgan fingerprint density at radius 2 is 2.00 bits per heavy atom. The third-order valence-electron chi connectivity index (χ3n) is 2.90. The molecule has 0 spiro atoms. The molecule has 0 bridgehead atoms. The zero-order chi connectivity index (χ0) is 15.3. The topological polar surface area (TPSA) is 55.1 Å². The van der Waals surface area contributed by atoms with Gasteiger partial charge in [0.2, 0.25) is 0 Å². The number of rotatable bonds is 5. The molecule has 0 saturated carbocycles. The van der Waals surface area contributed by atoms with Crippen molar-refractivity contribution in [2.75, 3.05) is 12.3 Å². The monoisotopic (exact) mass is 288 g/mol. The lowest BCUT2D eigenvalue weighted by Gasteiger charge is -2.13. The van der Waals surface area contributed by atoms with Gasteiger partial charge in [0, 0.05) is 6.54 Å². The Balaban J connectivity index is 2.74. The van der Waals surface area contributed by atoms with Crippen LogP contribution < -0.4 is 11.1 Å². The van der Waals surface area contributed by atoms with Gasteiger partial charge < -0.3 is 11.1 Å². The van der Waals surface area contributed by atoms with Crippen molar-refractivity contribution in [3.63, 3.8) is 0 Å². The molecular weight excluding hydrogens is 269 g/mol. The maximum atomic E-state index is 12.7. The van der Waals surface area contributed by atoms with Crippen LogP contribution in [-0.2, 0) is 6.18 Å². The summed E-state index contributed by atoms with van der Waals surface area (Å²) < 4.78 is 38.0. The minimum Gasteiger partial charge on any atom is -0.398 e. The van der Waals surface area contributed by atoms with Crippen molar-refractivity contribution >= 4 is 11.6 Å². The minimum absolute atomic E-state index is 0.135. The van der Waals surface area contributed by atoms with Crippen LogP contribution in [0.3, 0.4) is 0 Å². The van der Waals surface area contributed by atoms with Gasteiger partial charge in [-0.3, -0.25) is 4.79 Å². The quantitative estimate of drug-likeness (QED) is 0.644. The summed E-state index contributed by atoms with van der Waals surface area (Å²) in [6, 6.07) is 3.34. The average molecular weight is 288 g/mol. The Hall–Kier alpha value is -1.72. The third-order valence-corrected chi connectivity index (χ3v) is 2.90. The molecular formula is C14H19F3N2O. The number of nitrogens with two attached hydrogens (primary N) is 1. The maximum absolute atomic E-state index is 12.7. The molecule has 0 aliphatic rings. The van der Waals surface area contributed by atoms with E-state index in [0.717, 1.165) is 18.9 Å². The molecule has 20 heavy (non-hydrogen) atoms. The number of carbonyl (C=O) groups excluding carboxylic acids is 1. The molecule has 3 nitrogen and oxygen atoms in total. The van der Waals surface area contributed by atoms with Crippen LogP contribution in [0.1, 0.15) is 42.6 Å². The van der Waals surface area contributed by atoms with E-state index >= 15 is 0 Å². The first-order valence-corrected chi connectivity index (χ1v) is 6.47. The fourth-order valence-corrected chi connectivity index (χ4v) is 1.82. The van der Waals surface area contributed by atoms with Gasteiger partial charge in [-0.15, -0.1) is 0 Å². The first-order valence-electron chi connectivity index (χ1n) is 6.47. The summed E-state index contributed by atoms with van der Waals surface area (Å²) in [5.74, 6) is -0.0529. The molecule has 6 heteroatoms. The summed E-state index contributed by atoms with van der Waals surface area (Å²) in [6.45, 7) is 4.55. The van der Waals surface area contributed by atoms with Crippen molar-refractivity contribution in [1.82, 2.24) is 5.32 Å². The normalized spacial score (nSPS) is 11.7. The van der Waals surface area contributed by atoms with E-state index in [0.29, 0.717) is 12.5 Å². The second kappa shape index (κ2) is 6.63. The van der Waals surface area contributed by atoms with Crippen molar-refractivity contribution < 1.29 is 18.0 Å². The molecule has 1 rings (SSSR count). The van der Waals surface area contributed by atoms with Crippen molar-refractivity contribution in [3.05, 3.63) is 29.3 Å². The van der Waals surface area contributed by atoms with Gasteiger partial charge in [-0.05, 0) is 30.9 Å². The average Bonchev–Trinajstić information content (AvgIpc) is 2.33. The van der Waals surface area contributed by atoms with Gasteiger partial charge in [0.15, 0.2) is 0 Å². The number of amides is 1. The minimum atomic E-state index is -4.56. The highest BCUT2D eigenvalue weighted by Gasteiger charge is 2.34. The number of hydrogen-bond acceptors (Lipinski definition) is 2. The predicted octanol–water partition coefficient (Wildman–Crippen LogP) is 3.45. The van der Waals surface area contributed by atoms with Crippen molar-refractivity contribution in [1.29, 1.82) is 0 Å². The molecule has 112 valence electrons. The number of nitrogens with one attached hydrogen (secondary N) is 1. The van der Waals surface area contributed by atoms with E-state index in [1.54, 1.807) is 0 Å². The molecule has 0 unspecified atom stereocenters. The van der Waals surface area contributed by atoms with Gasteiger partial charge in [-0.2, -0.15) is 13.2 Å². The molecule has 3 N–H and O–H groups in total. The molecule has 0 heterocycles. The van der Waals surface area contributed by atoms with Gasteiger partial charge in [0.25, 0.3) is 5.91 Å². The number of para-hydroxylation sites is 1. The molecule has 0 fully saturated rings. The number of nitrogen functional groups attached to an aromatic ring is 1. The molecule has 0 saturated heterocycles. The largest absolute Gasteiger partial charge is 0.418 e. The molecule has 1 aromatic rings. The van der Waals surface area contributed by atoms with Crippen LogP contribution in [0, 0.1) is 5.92 Å². The van der Waals surface area contributed by atoms with E-state index in [9.17, 15) is 18.0 Å². The van der Waals surface area contributed by atoms with E-state index in [2.05, 4.69) is 19.2 Å². The first-order chi connectivity index (χ1) is 9.23. The van der Waals surface area contributed by atoms with Crippen LogP contribution in [0.5, 0.6) is 0 Å². The Morgan fingerprint density at radius 1 is 1.35 bits per heavy atom. The maximum Gasteiger partial charge on any atom is 0.418 e. The van der Waals surface area contributed by atoms with Gasteiger partial charge in [0.1, 0.15) is 0 Å². The fourth-order valence-electron chi connectivity index (χ4n) is 1.82. The van der Waals surface area contributed by atoms with Gasteiger partial charge in [-0.1, -0.05) is 19.9 Å². The SMILES string of the molecule is CC(C)CCCNC(=O)c1cccc(C(F)(F)F)c1N. The molecule has 0 radical (unpaired) electrons. The lowest BCUT2D eigenvalue weighted by molar-refractivity contribution is -0.136. The standard InChI is InChI=1S/C14H19F3N2O/c1-9(2)5-4-8-19-13(20)10-6-3-7-11(12(10)18)14(15,16)17/h3,6-7,9H,4-5,8,18H2,1-2H3,(H,19,20). The second-order valence-corrected chi connectivity index (χ2v) is 5.06. The zero-order valence-corrected chi connectivity index (χ0v) is 11.6. The lowest BCUT2D eigenvalue weighted by atomic mass is 10.1. The van der Waals surface area contributed by atoms with E-state index in [-0.39, 0.29) is 5.56 Å². The van der Waals surface area contributed by atoms with Crippen LogP contribution in [0.2, 0.25) is 0 Å². The number of anilines is 1.